The summed E-state index contributed by atoms with van der Waals surface area (Å²) >= 11 is 0. The molecule has 3 heterocycles. The first-order valence-corrected chi connectivity index (χ1v) is 27.6. The summed E-state index contributed by atoms with van der Waals surface area (Å²) in [5.41, 5.74) is 1.13. The minimum absolute atomic E-state index is 0.110. The highest BCUT2D eigenvalue weighted by Crippen LogP contribution is 2.54. The second-order valence-electron chi connectivity index (χ2n) is 17.4. The van der Waals surface area contributed by atoms with Crippen molar-refractivity contribution in [2.24, 2.45) is 0 Å². The molecule has 0 N–H and O–H groups in total. The van der Waals surface area contributed by atoms with E-state index in [0.29, 0.717) is 41.2 Å². The minimum atomic E-state index is -4.85. The van der Waals surface area contributed by atoms with E-state index in [9.17, 15) is 34.8 Å². The Labute approximate surface area is 378 Å². The number of rotatable bonds is 6. The van der Waals surface area contributed by atoms with Crippen LogP contribution in [0.25, 0.3) is 31.5 Å². The van der Waals surface area contributed by atoms with Crippen LogP contribution in [0.15, 0.2) is 94.7 Å². The van der Waals surface area contributed by atoms with Gasteiger partial charge in [0, 0.05) is 19.6 Å². The molecule has 11 nitrogen and oxygen atoms in total. The fraction of sp³-hybridized carbons (Fsp3) is 0.354. The number of hydrogen-bond acceptors (Lipinski definition) is 7. The molecular weight excluding hydrogens is 894 g/mol. The van der Waals surface area contributed by atoms with Gasteiger partial charge in [-0.3, -0.25) is 4.79 Å². The SMILES string of the molecule is C1CCOC1.[C-]#[N+]c1ccc2c(c1)c1c(n2S(=O)(=O)c2ccc(C)cc2)C(=O)CCC1.[C-]#[N+]c1ccc2c(c1)c1c(n2S(=O)(=O)c2ccc(C)cc2)C(O[Si](C)(C)C)(C(F)(F)F)CCC1. The van der Waals surface area contributed by atoms with Crippen molar-refractivity contribution >= 4 is 67.3 Å². The van der Waals surface area contributed by atoms with Crippen molar-refractivity contribution in [3.8, 4) is 0 Å². The molecule has 3 aliphatic rings. The Morgan fingerprint density at radius 2 is 1.15 bits per heavy atom. The topological polar surface area (TPSA) is 122 Å². The molecule has 9 rings (SSSR count). The average Bonchev–Trinajstić information content (AvgIpc) is 4.03. The molecule has 1 saturated heterocycles. The van der Waals surface area contributed by atoms with Crippen LogP contribution in [0.3, 0.4) is 0 Å². The molecule has 0 bridgehead atoms. The first-order chi connectivity index (χ1) is 30.6. The average molecular weight is 943 g/mol. The fourth-order valence-electron chi connectivity index (χ4n) is 8.73. The molecule has 1 aliphatic heterocycles. The number of ketones is 1. The third kappa shape index (κ3) is 9.05. The molecule has 1 atom stereocenters. The standard InChI is InChI=1S/C24H25F3N2O3SSi.C20H16N2O3S.C4H8O/c1-16-8-11-18(12-9-16)33(30,31)29-21-13-10-17(28-2)15-20(21)19-7-6-14-23(22(19)29,24(25,26)27)32-34(3,4)5;1-13-6-9-15(10-7-13)26(24,25)22-18-11-8-14(21-2)12-17(18)16-4-3-5-19(23)20(16)22;1-2-4-5-3-1/h8-13,15H,6-7,14H2,1,3-5H3;6-12H,3-5H2,1H3;1-4H2. The third-order valence-electron chi connectivity index (χ3n) is 11.6. The molecule has 0 saturated carbocycles. The molecule has 0 amide bonds. The molecule has 0 spiro atoms. The molecule has 4 aromatic carbocycles. The summed E-state index contributed by atoms with van der Waals surface area (Å²) in [6.45, 7) is 25.2. The van der Waals surface area contributed by atoms with Crippen molar-refractivity contribution in [3.05, 3.63) is 141 Å². The number of aromatic nitrogens is 2. The number of hydrogen-bond donors (Lipinski definition) is 0. The minimum Gasteiger partial charge on any atom is -0.399 e. The van der Waals surface area contributed by atoms with Crippen LogP contribution in [0.1, 0.15) is 77.0 Å². The maximum Gasteiger partial charge on any atom is 0.422 e. The normalized spacial score (nSPS) is 17.5. The van der Waals surface area contributed by atoms with Gasteiger partial charge in [-0.25, -0.2) is 34.5 Å². The maximum atomic E-state index is 14.9. The largest absolute Gasteiger partial charge is 0.422 e. The van der Waals surface area contributed by atoms with E-state index in [1.165, 1.54) is 47.1 Å². The van der Waals surface area contributed by atoms with Gasteiger partial charge >= 0.3 is 6.18 Å². The molecule has 2 aliphatic carbocycles. The maximum absolute atomic E-state index is 14.9. The highest BCUT2D eigenvalue weighted by atomic mass is 32.2. The van der Waals surface area contributed by atoms with Crippen LogP contribution in [0, 0.1) is 27.0 Å². The summed E-state index contributed by atoms with van der Waals surface area (Å²) in [6, 6.07) is 21.8. The molecule has 6 aromatic rings. The number of benzene rings is 4. The van der Waals surface area contributed by atoms with Crippen molar-refractivity contribution in [1.29, 1.82) is 0 Å². The van der Waals surface area contributed by atoms with E-state index in [1.807, 2.05) is 6.92 Å². The summed E-state index contributed by atoms with van der Waals surface area (Å²) in [7, 11) is -11.1. The van der Waals surface area contributed by atoms with Gasteiger partial charge in [0.1, 0.15) is 5.69 Å². The van der Waals surface area contributed by atoms with Crippen molar-refractivity contribution in [1.82, 2.24) is 7.94 Å². The Kier molecular flexibility index (Phi) is 13.1. The Morgan fingerprint density at radius 1 is 0.677 bits per heavy atom. The summed E-state index contributed by atoms with van der Waals surface area (Å²) in [5, 5.41) is 1.02. The van der Waals surface area contributed by atoms with Crippen molar-refractivity contribution in [2.75, 3.05) is 13.2 Å². The highest BCUT2D eigenvalue weighted by Gasteiger charge is 2.63. The number of Topliss-reactive ketones (excluding diaryl/α,β-unsaturated/α-hetero) is 1. The van der Waals surface area contributed by atoms with Gasteiger partial charge in [0.15, 0.2) is 31.1 Å². The number of fused-ring (bicyclic) bond motifs is 6. The van der Waals surface area contributed by atoms with Crippen LogP contribution in [-0.2, 0) is 47.7 Å². The number of carbonyl (C=O) groups is 1. The fourth-order valence-corrected chi connectivity index (χ4v) is 13.3. The predicted molar refractivity (Wildman–Crippen MR) is 246 cm³/mol. The van der Waals surface area contributed by atoms with E-state index in [2.05, 4.69) is 9.69 Å². The zero-order valence-electron chi connectivity index (χ0n) is 36.8. The van der Waals surface area contributed by atoms with Gasteiger partial charge in [-0.1, -0.05) is 47.5 Å². The van der Waals surface area contributed by atoms with E-state index >= 15 is 0 Å². The molecule has 65 heavy (non-hydrogen) atoms. The van der Waals surface area contributed by atoms with Gasteiger partial charge in [0.2, 0.25) is 0 Å². The number of nitrogens with zero attached hydrogens (tertiary/aromatic N) is 4. The van der Waals surface area contributed by atoms with E-state index in [-0.39, 0.29) is 63.0 Å². The summed E-state index contributed by atoms with van der Waals surface area (Å²) < 4.78 is 112. The number of carbonyl (C=O) groups excluding carboxylic acids is 1. The summed E-state index contributed by atoms with van der Waals surface area (Å²) in [5.74, 6) is -0.164. The number of ether oxygens (including phenoxy) is 1. The number of alkyl halides is 3. The lowest BCUT2D eigenvalue weighted by Crippen LogP contribution is -2.53. The molecule has 0 radical (unpaired) electrons. The van der Waals surface area contributed by atoms with Crippen molar-refractivity contribution in [2.45, 2.75) is 106 Å². The molecule has 340 valence electrons. The first-order valence-electron chi connectivity index (χ1n) is 21.3. The third-order valence-corrected chi connectivity index (χ3v) is 16.0. The lowest BCUT2D eigenvalue weighted by atomic mass is 9.82. The predicted octanol–water partition coefficient (Wildman–Crippen LogP) is 11.7. The second kappa shape index (κ2) is 18.0. The lowest BCUT2D eigenvalue weighted by molar-refractivity contribution is -0.264. The van der Waals surface area contributed by atoms with Crippen LogP contribution in [0.2, 0.25) is 19.6 Å². The molecular formula is C48H49F3N4O7S2Si. The van der Waals surface area contributed by atoms with Crippen LogP contribution in [0.4, 0.5) is 24.5 Å². The Balaban J connectivity index is 0.000000179. The lowest BCUT2D eigenvalue weighted by Gasteiger charge is -2.43. The zero-order valence-corrected chi connectivity index (χ0v) is 39.4. The Morgan fingerprint density at radius 3 is 1.62 bits per heavy atom. The second-order valence-corrected chi connectivity index (χ2v) is 25.4. The summed E-state index contributed by atoms with van der Waals surface area (Å²) in [4.78, 5) is 19.5. The molecule has 17 heteroatoms. The van der Waals surface area contributed by atoms with Crippen LogP contribution in [-0.4, -0.2) is 58.3 Å². The molecule has 1 unspecified atom stereocenters. The number of halogens is 3. The smallest absolute Gasteiger partial charge is 0.399 e. The quantitative estimate of drug-likeness (QED) is 0.120. The van der Waals surface area contributed by atoms with Crippen LogP contribution >= 0.6 is 0 Å². The highest BCUT2D eigenvalue weighted by molar-refractivity contribution is 7.90. The van der Waals surface area contributed by atoms with Gasteiger partial charge in [0.05, 0.1) is 39.7 Å². The monoisotopic (exact) mass is 942 g/mol. The van der Waals surface area contributed by atoms with E-state index in [0.717, 1.165) is 33.9 Å². The van der Waals surface area contributed by atoms with Gasteiger partial charge in [0.25, 0.3) is 20.0 Å². The molecule has 2 aromatic heterocycles. The van der Waals surface area contributed by atoms with E-state index in [4.69, 9.17) is 22.3 Å². The van der Waals surface area contributed by atoms with E-state index < -0.39 is 40.1 Å². The first kappa shape index (κ1) is 47.4. The zero-order chi connectivity index (χ0) is 47.1. The summed E-state index contributed by atoms with van der Waals surface area (Å²) in [6.07, 6.45) is -0.557. The van der Waals surface area contributed by atoms with Gasteiger partial charge in [-0.2, -0.15) is 13.2 Å². The van der Waals surface area contributed by atoms with Gasteiger partial charge in [-0.15, -0.1) is 0 Å². The molecule has 1 fully saturated rings. The van der Waals surface area contributed by atoms with Crippen molar-refractivity contribution in [3.63, 3.8) is 0 Å². The Bertz CT molecular complexity index is 3110. The van der Waals surface area contributed by atoms with Gasteiger partial charge in [-0.05, 0) is 149 Å². The van der Waals surface area contributed by atoms with Crippen LogP contribution < -0.4 is 0 Å². The Hall–Kier alpha value is -5.56. The van der Waals surface area contributed by atoms with Crippen LogP contribution in [0.5, 0.6) is 0 Å². The number of aryl methyl sites for hydroxylation is 4. The van der Waals surface area contributed by atoms with Gasteiger partial charge < -0.3 is 9.16 Å². The van der Waals surface area contributed by atoms with E-state index in [1.54, 1.807) is 81.2 Å². The van der Waals surface area contributed by atoms with Crippen molar-refractivity contribution < 1.29 is 44.0 Å².